The maximum atomic E-state index is 4.97. The molecule has 3 aromatic heterocycles. The van der Waals surface area contributed by atoms with Gasteiger partial charge in [-0.1, -0.05) is 91.0 Å². The van der Waals surface area contributed by atoms with Crippen molar-refractivity contribution in [3.05, 3.63) is 128 Å². The van der Waals surface area contributed by atoms with E-state index in [4.69, 9.17) is 4.98 Å². The third kappa shape index (κ3) is 2.54. The Bertz CT molecular complexity index is 2090. The lowest BCUT2D eigenvalue weighted by Gasteiger charge is -2.13. The van der Waals surface area contributed by atoms with Gasteiger partial charge in [-0.2, -0.15) is 0 Å². The molecule has 8 rings (SSSR count). The van der Waals surface area contributed by atoms with Gasteiger partial charge in [0.25, 0.3) is 0 Å². The smallest absolute Gasteiger partial charge is 0.145 e. The van der Waals surface area contributed by atoms with Crippen molar-refractivity contribution < 1.29 is 0 Å². The van der Waals surface area contributed by atoms with E-state index >= 15 is 0 Å². The molecule has 0 fully saturated rings. The fraction of sp³-hybridized carbons (Fsp3) is 0. The number of aromatic nitrogens is 3. The molecule has 0 radical (unpaired) electrons. The SMILES string of the molecule is c1ccc(-n2c3ccccc3c3ccc4c5ccccc5n(-c5nccc6ccccc56)c4c32)cc1. The molecule has 3 heterocycles. The van der Waals surface area contributed by atoms with Crippen LogP contribution in [0.3, 0.4) is 0 Å². The topological polar surface area (TPSA) is 22.8 Å². The first kappa shape index (κ1) is 19.4. The highest BCUT2D eigenvalue weighted by Crippen LogP contribution is 2.41. The van der Waals surface area contributed by atoms with E-state index in [1.54, 1.807) is 0 Å². The minimum Gasteiger partial charge on any atom is -0.307 e. The molecule has 0 saturated heterocycles. The summed E-state index contributed by atoms with van der Waals surface area (Å²) in [5, 5.41) is 7.28. The molecule has 0 saturated carbocycles. The molecule has 0 spiro atoms. The van der Waals surface area contributed by atoms with Crippen LogP contribution in [0.25, 0.3) is 65.9 Å². The van der Waals surface area contributed by atoms with Crippen molar-refractivity contribution in [2.75, 3.05) is 0 Å². The van der Waals surface area contributed by atoms with Gasteiger partial charge in [-0.25, -0.2) is 4.98 Å². The predicted octanol–water partition coefficient (Wildman–Crippen LogP) is 8.43. The average Bonchev–Trinajstić information content (AvgIpc) is 3.46. The second-order valence-electron chi connectivity index (χ2n) is 9.25. The Balaban J connectivity index is 1.68. The van der Waals surface area contributed by atoms with Crippen molar-refractivity contribution in [2.24, 2.45) is 0 Å². The maximum Gasteiger partial charge on any atom is 0.145 e. The normalized spacial score (nSPS) is 11.9. The van der Waals surface area contributed by atoms with Crippen LogP contribution in [0.15, 0.2) is 128 Å². The van der Waals surface area contributed by atoms with Crippen LogP contribution in [-0.2, 0) is 0 Å². The monoisotopic (exact) mass is 459 g/mol. The first-order valence-electron chi connectivity index (χ1n) is 12.2. The third-order valence-corrected chi connectivity index (χ3v) is 7.35. The Labute approximate surface area is 207 Å². The summed E-state index contributed by atoms with van der Waals surface area (Å²) in [5.41, 5.74) is 5.89. The molecule has 3 nitrogen and oxygen atoms in total. The van der Waals surface area contributed by atoms with E-state index in [1.807, 2.05) is 6.20 Å². The third-order valence-electron chi connectivity index (χ3n) is 7.35. The second kappa shape index (κ2) is 7.30. The summed E-state index contributed by atoms with van der Waals surface area (Å²) in [7, 11) is 0. The van der Waals surface area contributed by atoms with E-state index < -0.39 is 0 Å². The molecular weight excluding hydrogens is 438 g/mol. The van der Waals surface area contributed by atoms with E-state index in [0.29, 0.717) is 0 Å². The van der Waals surface area contributed by atoms with Crippen LogP contribution >= 0.6 is 0 Å². The Morgan fingerprint density at radius 1 is 0.417 bits per heavy atom. The lowest BCUT2D eigenvalue weighted by atomic mass is 10.1. The van der Waals surface area contributed by atoms with Crippen LogP contribution in [0.2, 0.25) is 0 Å². The fourth-order valence-corrected chi connectivity index (χ4v) is 5.85. The van der Waals surface area contributed by atoms with Gasteiger partial charge < -0.3 is 4.57 Å². The zero-order valence-corrected chi connectivity index (χ0v) is 19.5. The minimum atomic E-state index is 0.955. The van der Waals surface area contributed by atoms with Gasteiger partial charge in [0, 0.05) is 38.8 Å². The maximum absolute atomic E-state index is 4.97. The lowest BCUT2D eigenvalue weighted by Crippen LogP contribution is -2.01. The summed E-state index contributed by atoms with van der Waals surface area (Å²) in [4.78, 5) is 4.97. The molecule has 36 heavy (non-hydrogen) atoms. The minimum absolute atomic E-state index is 0.955. The van der Waals surface area contributed by atoms with Crippen LogP contribution in [-0.4, -0.2) is 14.1 Å². The molecule has 0 unspecified atom stereocenters. The van der Waals surface area contributed by atoms with Gasteiger partial charge in [-0.3, -0.25) is 4.57 Å². The number of rotatable bonds is 2. The van der Waals surface area contributed by atoms with Gasteiger partial charge in [0.05, 0.1) is 22.1 Å². The van der Waals surface area contributed by atoms with E-state index in [2.05, 4.69) is 130 Å². The van der Waals surface area contributed by atoms with Gasteiger partial charge in [-0.15, -0.1) is 0 Å². The molecule has 0 aliphatic rings. The van der Waals surface area contributed by atoms with Crippen LogP contribution in [0.5, 0.6) is 0 Å². The molecular formula is C33H21N3. The van der Waals surface area contributed by atoms with Crippen molar-refractivity contribution in [3.63, 3.8) is 0 Å². The number of benzene rings is 5. The second-order valence-corrected chi connectivity index (χ2v) is 9.25. The van der Waals surface area contributed by atoms with Gasteiger partial charge in [0.15, 0.2) is 0 Å². The van der Waals surface area contributed by atoms with Crippen LogP contribution in [0.4, 0.5) is 0 Å². The van der Waals surface area contributed by atoms with Crippen molar-refractivity contribution in [1.29, 1.82) is 0 Å². The summed E-state index contributed by atoms with van der Waals surface area (Å²) in [6.07, 6.45) is 1.92. The number of para-hydroxylation sites is 3. The van der Waals surface area contributed by atoms with E-state index in [1.165, 1.54) is 43.5 Å². The molecule has 0 aliphatic heterocycles. The van der Waals surface area contributed by atoms with E-state index in [9.17, 15) is 0 Å². The number of hydrogen-bond donors (Lipinski definition) is 0. The highest BCUT2D eigenvalue weighted by Gasteiger charge is 2.21. The fourth-order valence-electron chi connectivity index (χ4n) is 5.85. The van der Waals surface area contributed by atoms with Crippen LogP contribution in [0.1, 0.15) is 0 Å². The average molecular weight is 460 g/mol. The summed E-state index contributed by atoms with van der Waals surface area (Å²) in [6, 6.07) is 43.2. The number of fused-ring (bicyclic) bond motifs is 8. The molecule has 8 aromatic rings. The number of pyridine rings is 1. The lowest BCUT2D eigenvalue weighted by molar-refractivity contribution is 1.09. The molecule has 0 bridgehead atoms. The molecule has 168 valence electrons. The Kier molecular flexibility index (Phi) is 3.94. The van der Waals surface area contributed by atoms with E-state index in [-0.39, 0.29) is 0 Å². The first-order chi connectivity index (χ1) is 17.9. The largest absolute Gasteiger partial charge is 0.307 e. The van der Waals surface area contributed by atoms with Gasteiger partial charge in [0.2, 0.25) is 0 Å². The summed E-state index contributed by atoms with van der Waals surface area (Å²) < 4.78 is 4.78. The van der Waals surface area contributed by atoms with Crippen molar-refractivity contribution in [2.45, 2.75) is 0 Å². The molecule has 0 amide bonds. The molecule has 0 N–H and O–H groups in total. The number of nitrogens with zero attached hydrogens (tertiary/aromatic N) is 3. The quantitative estimate of drug-likeness (QED) is 0.254. The Hall–Kier alpha value is -4.89. The highest BCUT2D eigenvalue weighted by molar-refractivity contribution is 6.24. The number of hydrogen-bond acceptors (Lipinski definition) is 1. The van der Waals surface area contributed by atoms with Crippen molar-refractivity contribution >= 4 is 54.4 Å². The predicted molar refractivity (Wildman–Crippen MR) is 150 cm³/mol. The van der Waals surface area contributed by atoms with Crippen LogP contribution < -0.4 is 0 Å². The van der Waals surface area contributed by atoms with Gasteiger partial charge in [-0.05, 0) is 35.7 Å². The molecule has 3 heteroatoms. The zero-order valence-electron chi connectivity index (χ0n) is 19.5. The van der Waals surface area contributed by atoms with Crippen molar-refractivity contribution in [3.8, 4) is 11.5 Å². The summed E-state index contributed by atoms with van der Waals surface area (Å²) >= 11 is 0. The highest BCUT2D eigenvalue weighted by atomic mass is 15.1. The molecule has 5 aromatic carbocycles. The van der Waals surface area contributed by atoms with E-state index in [0.717, 1.165) is 22.4 Å². The molecule has 0 aliphatic carbocycles. The summed E-state index contributed by atoms with van der Waals surface area (Å²) in [5.74, 6) is 0.955. The zero-order chi connectivity index (χ0) is 23.6. The first-order valence-corrected chi connectivity index (χ1v) is 12.2. The van der Waals surface area contributed by atoms with Gasteiger partial charge in [0.1, 0.15) is 5.82 Å². The summed E-state index contributed by atoms with van der Waals surface area (Å²) in [6.45, 7) is 0. The van der Waals surface area contributed by atoms with Crippen LogP contribution in [0, 0.1) is 0 Å². The Morgan fingerprint density at radius 3 is 1.69 bits per heavy atom. The van der Waals surface area contributed by atoms with Gasteiger partial charge >= 0.3 is 0 Å². The van der Waals surface area contributed by atoms with Crippen molar-refractivity contribution in [1.82, 2.24) is 14.1 Å². The standard InChI is InChI=1S/C33H21N3/c1-2-11-23(12-3-1)35-29-16-8-6-14-25(29)27-18-19-28-26-15-7-9-17-30(26)36(32(28)31(27)35)33-24-13-5-4-10-22(24)20-21-34-33/h1-21H. The molecule has 0 atom stereocenters. The Morgan fingerprint density at radius 2 is 0.972 bits per heavy atom.